The van der Waals surface area contributed by atoms with E-state index in [4.69, 9.17) is 46.4 Å². The normalized spacial score (nSPS) is 12.3. The number of aromatic nitrogens is 1. The van der Waals surface area contributed by atoms with Crippen LogP contribution in [0.5, 0.6) is 0 Å². The molecule has 0 aliphatic carbocycles. The fraction of sp³-hybridized carbons (Fsp3) is 0.0556. The Kier molecular flexibility index (Phi) is 6.90. The number of benzene rings is 2. The zero-order valence-electron chi connectivity index (χ0n) is 16.6. The van der Waals surface area contributed by atoms with Crippen molar-refractivity contribution in [2.45, 2.75) is 9.10 Å². The van der Waals surface area contributed by atoms with Crippen molar-refractivity contribution >= 4 is 112 Å². The average Bonchev–Trinajstić information content (AvgIpc) is 3.24. The number of thiophene rings is 1. The van der Waals surface area contributed by atoms with Crippen molar-refractivity contribution in [3.63, 3.8) is 0 Å². The van der Waals surface area contributed by atoms with E-state index < -0.39 is 20.0 Å². The van der Waals surface area contributed by atoms with Gasteiger partial charge in [0, 0.05) is 7.05 Å². The van der Waals surface area contributed by atoms with E-state index in [1.807, 2.05) is 0 Å². The SMILES string of the molecule is Cn1sc(=O)c2cc(S(=O)(=O)Nc3cc(Cl)c(Cl)cc3NS(=O)(=O)c3cc(Cl)c(Cl)s3)ccc21. The lowest BCUT2D eigenvalue weighted by Gasteiger charge is -2.15. The Morgan fingerprint density at radius 1 is 0.824 bits per heavy atom. The third-order valence-electron chi connectivity index (χ3n) is 4.49. The zero-order valence-corrected chi connectivity index (χ0v) is 22.9. The number of sulfonamides is 2. The summed E-state index contributed by atoms with van der Waals surface area (Å²) in [6.45, 7) is 0. The standard InChI is InChI=1S/C18H11Cl4N3O5S4/c1-25-15-3-2-8(4-9(15)18(26)32-25)33(27,28)23-13-5-10(19)11(20)6-14(13)24-34(29,30)16-7-12(21)17(22)31-16/h2-7,23-24H,1H3. The van der Waals surface area contributed by atoms with Crippen LogP contribution < -0.4 is 14.2 Å². The van der Waals surface area contributed by atoms with Crippen LogP contribution in [-0.2, 0) is 27.1 Å². The largest absolute Gasteiger partial charge is 0.297 e. The van der Waals surface area contributed by atoms with Crippen molar-refractivity contribution in [2.75, 3.05) is 9.44 Å². The van der Waals surface area contributed by atoms with Crippen molar-refractivity contribution in [1.29, 1.82) is 0 Å². The number of anilines is 2. The summed E-state index contributed by atoms with van der Waals surface area (Å²) in [5.74, 6) is 0. The van der Waals surface area contributed by atoms with Gasteiger partial charge in [0.25, 0.3) is 24.8 Å². The molecule has 0 bridgehead atoms. The summed E-state index contributed by atoms with van der Waals surface area (Å²) < 4.78 is 57.6. The minimum absolute atomic E-state index is 0.0206. The fourth-order valence-corrected chi connectivity index (χ4v) is 8.06. The molecular weight excluding hydrogens is 608 g/mol. The molecule has 0 spiro atoms. The number of aryl methyl sites for hydroxylation is 1. The minimum Gasteiger partial charge on any atom is -0.297 e. The summed E-state index contributed by atoms with van der Waals surface area (Å²) >= 11 is 25.5. The molecule has 2 heterocycles. The summed E-state index contributed by atoms with van der Waals surface area (Å²) in [4.78, 5) is 11.9. The number of nitrogens with one attached hydrogen (secondary N) is 2. The summed E-state index contributed by atoms with van der Waals surface area (Å²) in [6, 6.07) is 7.56. The summed E-state index contributed by atoms with van der Waals surface area (Å²) in [5.41, 5.74) is 0.196. The predicted molar refractivity (Wildman–Crippen MR) is 139 cm³/mol. The van der Waals surface area contributed by atoms with Gasteiger partial charge in [-0.3, -0.25) is 18.2 Å². The third-order valence-corrected chi connectivity index (χ3v) is 11.1. The van der Waals surface area contributed by atoms with Gasteiger partial charge in [0.2, 0.25) is 0 Å². The highest BCUT2D eigenvalue weighted by molar-refractivity contribution is 7.95. The molecule has 4 rings (SSSR count). The van der Waals surface area contributed by atoms with Gasteiger partial charge in [-0.15, -0.1) is 11.3 Å². The van der Waals surface area contributed by atoms with Crippen molar-refractivity contribution < 1.29 is 16.8 Å². The van der Waals surface area contributed by atoms with Gasteiger partial charge < -0.3 is 0 Å². The predicted octanol–water partition coefficient (Wildman–Crippen LogP) is 5.88. The van der Waals surface area contributed by atoms with Crippen LogP contribution in [0, 0.1) is 0 Å². The van der Waals surface area contributed by atoms with Crippen LogP contribution in [0.15, 0.2) is 50.3 Å². The first-order valence-electron chi connectivity index (χ1n) is 8.88. The highest BCUT2D eigenvalue weighted by Gasteiger charge is 2.24. The smallest absolute Gasteiger partial charge is 0.271 e. The van der Waals surface area contributed by atoms with Crippen LogP contribution in [0.4, 0.5) is 11.4 Å². The Bertz CT molecular complexity index is 1710. The van der Waals surface area contributed by atoms with Crippen LogP contribution in [0.2, 0.25) is 19.4 Å². The lowest BCUT2D eigenvalue weighted by Crippen LogP contribution is -2.17. The zero-order chi connectivity index (χ0) is 25.0. The molecule has 8 nitrogen and oxygen atoms in total. The maximum atomic E-state index is 13.1. The quantitative estimate of drug-likeness (QED) is 0.280. The number of halogens is 4. The van der Waals surface area contributed by atoms with Crippen molar-refractivity contribution in [3.8, 4) is 0 Å². The first-order valence-corrected chi connectivity index (χ1v) is 14.9. The van der Waals surface area contributed by atoms with E-state index in [2.05, 4.69) is 9.44 Å². The lowest BCUT2D eigenvalue weighted by atomic mass is 10.2. The Hall–Kier alpha value is -1.51. The number of nitrogens with zero attached hydrogens (tertiary/aromatic N) is 1. The van der Waals surface area contributed by atoms with Gasteiger partial charge in [0.1, 0.15) is 8.55 Å². The Morgan fingerprint density at radius 3 is 1.97 bits per heavy atom. The molecule has 0 saturated heterocycles. The van der Waals surface area contributed by atoms with Gasteiger partial charge in [0.05, 0.1) is 42.2 Å². The Morgan fingerprint density at radius 2 is 1.41 bits per heavy atom. The Balaban J connectivity index is 1.75. The number of rotatable bonds is 6. The molecule has 0 aliphatic rings. The molecule has 2 aromatic carbocycles. The van der Waals surface area contributed by atoms with Gasteiger partial charge >= 0.3 is 0 Å². The summed E-state index contributed by atoms with van der Waals surface area (Å²) in [5, 5.41) is 0.244. The van der Waals surface area contributed by atoms with E-state index in [0.717, 1.165) is 41.1 Å². The molecule has 0 amide bonds. The van der Waals surface area contributed by atoms with Gasteiger partial charge in [-0.2, -0.15) is 0 Å². The van der Waals surface area contributed by atoms with Gasteiger partial charge in [-0.25, -0.2) is 16.8 Å². The molecule has 0 saturated carbocycles. The minimum atomic E-state index is -4.26. The van der Waals surface area contributed by atoms with Crippen LogP contribution in [0.25, 0.3) is 10.9 Å². The maximum Gasteiger partial charge on any atom is 0.271 e. The Labute approximate surface area is 221 Å². The van der Waals surface area contributed by atoms with Crippen molar-refractivity contribution in [2.24, 2.45) is 7.05 Å². The first-order chi connectivity index (χ1) is 15.8. The fourth-order valence-electron chi connectivity index (χ4n) is 2.92. The van der Waals surface area contributed by atoms with E-state index in [1.54, 1.807) is 11.0 Å². The molecule has 180 valence electrons. The van der Waals surface area contributed by atoms with E-state index in [-0.39, 0.29) is 50.0 Å². The molecule has 0 fully saturated rings. The van der Waals surface area contributed by atoms with Crippen LogP contribution in [0.1, 0.15) is 0 Å². The van der Waals surface area contributed by atoms with Crippen molar-refractivity contribution in [1.82, 2.24) is 3.96 Å². The van der Waals surface area contributed by atoms with Crippen molar-refractivity contribution in [3.05, 3.63) is 65.3 Å². The molecule has 16 heteroatoms. The maximum absolute atomic E-state index is 13.1. The molecule has 2 aromatic heterocycles. The van der Waals surface area contributed by atoms with E-state index in [1.165, 1.54) is 18.2 Å². The van der Waals surface area contributed by atoms with Gasteiger partial charge in [-0.05, 0) is 47.9 Å². The number of hydrogen-bond acceptors (Lipinski definition) is 7. The molecule has 0 aliphatic heterocycles. The molecule has 4 aromatic rings. The second kappa shape index (κ2) is 9.17. The molecule has 0 radical (unpaired) electrons. The molecule has 2 N–H and O–H groups in total. The topological polar surface area (TPSA) is 114 Å². The van der Waals surface area contributed by atoms with E-state index in [0.29, 0.717) is 5.52 Å². The second-order valence-electron chi connectivity index (χ2n) is 6.77. The van der Waals surface area contributed by atoms with Crippen LogP contribution in [-0.4, -0.2) is 20.8 Å². The van der Waals surface area contributed by atoms with Crippen LogP contribution in [0.3, 0.4) is 0 Å². The lowest BCUT2D eigenvalue weighted by molar-refractivity contribution is 0.599. The molecule has 0 atom stereocenters. The van der Waals surface area contributed by atoms with Crippen LogP contribution >= 0.6 is 69.3 Å². The monoisotopic (exact) mass is 617 g/mol. The summed E-state index contributed by atoms with van der Waals surface area (Å²) in [6.07, 6.45) is 0. The average molecular weight is 619 g/mol. The molecular formula is C18H11Cl4N3O5S4. The van der Waals surface area contributed by atoms with Gasteiger partial charge in [0.15, 0.2) is 0 Å². The molecule has 0 unspecified atom stereocenters. The second-order valence-corrected chi connectivity index (χ2v) is 14.3. The number of fused-ring (bicyclic) bond motifs is 1. The first kappa shape index (κ1) is 25.6. The van der Waals surface area contributed by atoms with E-state index >= 15 is 0 Å². The highest BCUT2D eigenvalue weighted by atomic mass is 35.5. The van der Waals surface area contributed by atoms with Gasteiger partial charge in [-0.1, -0.05) is 46.4 Å². The van der Waals surface area contributed by atoms with E-state index in [9.17, 15) is 21.6 Å². The summed E-state index contributed by atoms with van der Waals surface area (Å²) in [7, 11) is -6.77. The molecule has 34 heavy (non-hydrogen) atoms. The third kappa shape index (κ3) is 4.91. The highest BCUT2D eigenvalue weighted by Crippen LogP contribution is 2.38. The number of hydrogen-bond donors (Lipinski definition) is 2.